The molecule has 1 aliphatic rings. The number of alkyl halides is 3. The summed E-state index contributed by atoms with van der Waals surface area (Å²) < 4.78 is 44.2. The third-order valence-electron chi connectivity index (χ3n) is 5.19. The summed E-state index contributed by atoms with van der Waals surface area (Å²) in [5, 5.41) is 39.6. The van der Waals surface area contributed by atoms with Gasteiger partial charge in [-0.15, -0.1) is 0 Å². The third-order valence-corrected chi connectivity index (χ3v) is 5.19. The van der Waals surface area contributed by atoms with E-state index in [1.165, 1.54) is 12.1 Å². The second kappa shape index (κ2) is 7.64. The van der Waals surface area contributed by atoms with Crippen molar-refractivity contribution < 1.29 is 38.3 Å². The molecular formula is C20H19F3N2O5. The van der Waals surface area contributed by atoms with E-state index >= 15 is 0 Å². The van der Waals surface area contributed by atoms with Gasteiger partial charge in [-0.25, -0.2) is 4.98 Å². The van der Waals surface area contributed by atoms with Crippen LogP contribution in [0.4, 0.5) is 13.2 Å². The van der Waals surface area contributed by atoms with Crippen LogP contribution in [0.15, 0.2) is 42.5 Å². The minimum atomic E-state index is -4.58. The van der Waals surface area contributed by atoms with Crippen LogP contribution >= 0.6 is 0 Å². The van der Waals surface area contributed by atoms with Crippen molar-refractivity contribution in [1.29, 1.82) is 0 Å². The lowest BCUT2D eigenvalue weighted by molar-refractivity contribution is -0.231. The Morgan fingerprint density at radius 1 is 0.967 bits per heavy atom. The molecule has 1 unspecified atom stereocenters. The van der Waals surface area contributed by atoms with Gasteiger partial charge >= 0.3 is 6.18 Å². The van der Waals surface area contributed by atoms with Crippen molar-refractivity contribution in [3.8, 4) is 11.1 Å². The fourth-order valence-electron chi connectivity index (χ4n) is 3.60. The van der Waals surface area contributed by atoms with Gasteiger partial charge in [0.15, 0.2) is 0 Å². The molecule has 1 fully saturated rings. The van der Waals surface area contributed by atoms with Gasteiger partial charge in [-0.05, 0) is 34.9 Å². The number of H-pyrrole nitrogens is 1. The normalized spacial score (nSPS) is 27.5. The topological polar surface area (TPSA) is 119 Å². The van der Waals surface area contributed by atoms with E-state index in [2.05, 4.69) is 9.97 Å². The smallest absolute Gasteiger partial charge is 0.394 e. The molecule has 0 bridgehead atoms. The Labute approximate surface area is 168 Å². The van der Waals surface area contributed by atoms with E-state index in [0.29, 0.717) is 16.7 Å². The Hall–Kier alpha value is -2.50. The van der Waals surface area contributed by atoms with Gasteiger partial charge in [0, 0.05) is 0 Å². The summed E-state index contributed by atoms with van der Waals surface area (Å²) in [6.45, 7) is -0.542. The molecule has 1 aromatic heterocycles. The number of aromatic nitrogens is 2. The minimum Gasteiger partial charge on any atom is -0.394 e. The predicted octanol–water partition coefficient (Wildman–Crippen LogP) is 1.76. The summed E-state index contributed by atoms with van der Waals surface area (Å²) in [5.74, 6) is -1.08. The fraction of sp³-hybridized carbons (Fsp3) is 0.350. The van der Waals surface area contributed by atoms with Crippen LogP contribution in [0.5, 0.6) is 0 Å². The Morgan fingerprint density at radius 3 is 2.40 bits per heavy atom. The number of aliphatic hydroxyl groups excluding tert-OH is 4. The van der Waals surface area contributed by atoms with E-state index in [0.717, 1.165) is 0 Å². The largest absolute Gasteiger partial charge is 0.449 e. The number of aromatic amines is 1. The lowest BCUT2D eigenvalue weighted by Gasteiger charge is -2.40. The van der Waals surface area contributed by atoms with Crippen LogP contribution in [0, 0.1) is 0 Å². The van der Waals surface area contributed by atoms with E-state index < -0.39 is 49.1 Å². The van der Waals surface area contributed by atoms with Crippen molar-refractivity contribution in [2.75, 3.05) is 6.61 Å². The third kappa shape index (κ3) is 3.68. The second-order valence-electron chi connectivity index (χ2n) is 7.19. The molecular weight excluding hydrogens is 405 g/mol. The standard InChI is InChI=1S/C20H19F3N2O5/c21-20(22,23)19-24-12-5-4-10(7-13(12)25-19)9-2-1-3-11(6-9)18-17(29)16(28)15(27)14(8-26)30-18/h1-7,14-18,26-29H,8H2,(H,24,25)/t14-,15?,16+,17+,18-/m1/s1. The number of halogens is 3. The highest BCUT2D eigenvalue weighted by Crippen LogP contribution is 2.35. The van der Waals surface area contributed by atoms with Gasteiger partial charge in [0.2, 0.25) is 5.82 Å². The van der Waals surface area contributed by atoms with Crippen LogP contribution in [-0.4, -0.2) is 61.4 Å². The van der Waals surface area contributed by atoms with Gasteiger partial charge in [0.25, 0.3) is 0 Å². The number of aliphatic hydroxyl groups is 4. The Balaban J connectivity index is 1.68. The maximum atomic E-state index is 12.9. The number of hydrogen-bond donors (Lipinski definition) is 5. The van der Waals surface area contributed by atoms with Crippen molar-refractivity contribution in [2.45, 2.75) is 36.7 Å². The van der Waals surface area contributed by atoms with Crippen LogP contribution in [0.3, 0.4) is 0 Å². The number of ether oxygens (including phenoxy) is 1. The van der Waals surface area contributed by atoms with E-state index in [1.54, 1.807) is 30.3 Å². The highest BCUT2D eigenvalue weighted by molar-refractivity contribution is 5.82. The number of nitrogens with zero attached hydrogens (tertiary/aromatic N) is 1. The summed E-state index contributed by atoms with van der Waals surface area (Å²) in [7, 11) is 0. The number of imidazole rings is 1. The average molecular weight is 424 g/mol. The number of rotatable bonds is 3. The zero-order valence-corrected chi connectivity index (χ0v) is 15.4. The minimum absolute atomic E-state index is 0.177. The zero-order valence-electron chi connectivity index (χ0n) is 15.4. The van der Waals surface area contributed by atoms with E-state index in [1.807, 2.05) is 0 Å². The first-order valence-corrected chi connectivity index (χ1v) is 9.17. The molecule has 1 saturated heterocycles. The molecule has 2 heterocycles. The van der Waals surface area contributed by atoms with Gasteiger partial charge in [0.1, 0.15) is 30.5 Å². The zero-order chi connectivity index (χ0) is 21.6. The predicted molar refractivity (Wildman–Crippen MR) is 99.3 cm³/mol. The molecule has 0 radical (unpaired) electrons. The molecule has 160 valence electrons. The van der Waals surface area contributed by atoms with Crippen LogP contribution in [0.2, 0.25) is 0 Å². The van der Waals surface area contributed by atoms with Gasteiger partial charge in [-0.3, -0.25) is 0 Å². The maximum absolute atomic E-state index is 12.9. The first-order valence-electron chi connectivity index (χ1n) is 9.17. The van der Waals surface area contributed by atoms with Crippen molar-refractivity contribution in [3.63, 3.8) is 0 Å². The van der Waals surface area contributed by atoms with Gasteiger partial charge in [-0.2, -0.15) is 13.2 Å². The van der Waals surface area contributed by atoms with Crippen LogP contribution in [-0.2, 0) is 10.9 Å². The maximum Gasteiger partial charge on any atom is 0.449 e. The average Bonchev–Trinajstić information content (AvgIpc) is 3.16. The summed E-state index contributed by atoms with van der Waals surface area (Å²) in [5.41, 5.74) is 2.11. The Bertz CT molecular complexity index is 1050. The molecule has 2 aromatic carbocycles. The molecule has 7 nitrogen and oxygen atoms in total. The van der Waals surface area contributed by atoms with Crippen molar-refractivity contribution in [1.82, 2.24) is 9.97 Å². The summed E-state index contributed by atoms with van der Waals surface area (Å²) >= 11 is 0. The Morgan fingerprint density at radius 2 is 1.70 bits per heavy atom. The molecule has 30 heavy (non-hydrogen) atoms. The van der Waals surface area contributed by atoms with E-state index in [9.17, 15) is 33.6 Å². The monoisotopic (exact) mass is 424 g/mol. The molecule has 5 atom stereocenters. The molecule has 3 aromatic rings. The molecule has 0 amide bonds. The lowest BCUT2D eigenvalue weighted by Crippen LogP contribution is -2.55. The highest BCUT2D eigenvalue weighted by Gasteiger charge is 2.44. The first-order chi connectivity index (χ1) is 14.2. The van der Waals surface area contributed by atoms with Crippen LogP contribution in [0.1, 0.15) is 17.5 Å². The van der Waals surface area contributed by atoms with E-state index in [4.69, 9.17) is 4.74 Å². The fourth-order valence-corrected chi connectivity index (χ4v) is 3.60. The van der Waals surface area contributed by atoms with Gasteiger partial charge < -0.3 is 30.1 Å². The number of benzene rings is 2. The van der Waals surface area contributed by atoms with E-state index in [-0.39, 0.29) is 11.0 Å². The summed E-state index contributed by atoms with van der Waals surface area (Å²) in [6.07, 6.45) is -11.0. The summed E-state index contributed by atoms with van der Waals surface area (Å²) in [6, 6.07) is 11.3. The first kappa shape index (κ1) is 20.8. The number of fused-ring (bicyclic) bond motifs is 1. The van der Waals surface area contributed by atoms with Gasteiger partial charge in [0.05, 0.1) is 17.6 Å². The van der Waals surface area contributed by atoms with Gasteiger partial charge in [-0.1, -0.05) is 24.3 Å². The molecule has 4 rings (SSSR count). The summed E-state index contributed by atoms with van der Waals surface area (Å²) in [4.78, 5) is 5.81. The highest BCUT2D eigenvalue weighted by atomic mass is 19.4. The molecule has 5 N–H and O–H groups in total. The van der Waals surface area contributed by atoms with Crippen LogP contribution in [0.25, 0.3) is 22.2 Å². The SMILES string of the molecule is OC[C@H]1O[C@H](c2cccc(-c3ccc4nc(C(F)(F)F)[nH]c4c3)c2)[C@@H](O)[C@@H](O)C1O. The number of nitrogens with one attached hydrogen (secondary N) is 1. The molecule has 1 aliphatic heterocycles. The second-order valence-corrected chi connectivity index (χ2v) is 7.19. The van der Waals surface area contributed by atoms with Crippen molar-refractivity contribution in [2.24, 2.45) is 0 Å². The van der Waals surface area contributed by atoms with Crippen molar-refractivity contribution >= 4 is 11.0 Å². The molecule has 10 heteroatoms. The van der Waals surface area contributed by atoms with Crippen molar-refractivity contribution in [3.05, 3.63) is 53.9 Å². The molecule has 0 spiro atoms. The lowest BCUT2D eigenvalue weighted by atomic mass is 9.90. The van der Waals surface area contributed by atoms with Crippen LogP contribution < -0.4 is 0 Å². The number of hydrogen-bond acceptors (Lipinski definition) is 6. The quantitative estimate of drug-likeness (QED) is 0.437. The molecule has 0 saturated carbocycles. The molecule has 0 aliphatic carbocycles. The Kier molecular flexibility index (Phi) is 5.28.